The molecular formula is C22H19N5O. The van der Waals surface area contributed by atoms with E-state index in [2.05, 4.69) is 15.6 Å². The lowest BCUT2D eigenvalue weighted by atomic mass is 10.2. The van der Waals surface area contributed by atoms with E-state index in [0.29, 0.717) is 17.9 Å². The van der Waals surface area contributed by atoms with Gasteiger partial charge < -0.3 is 10.6 Å². The lowest BCUT2D eigenvalue weighted by molar-refractivity contribution is -0.115. The highest BCUT2D eigenvalue weighted by Gasteiger charge is 2.12. The van der Waals surface area contributed by atoms with E-state index in [1.54, 1.807) is 6.20 Å². The van der Waals surface area contributed by atoms with Crippen molar-refractivity contribution >= 4 is 34.1 Å². The number of pyridine rings is 1. The molecule has 138 valence electrons. The normalized spacial score (nSPS) is 10.6. The van der Waals surface area contributed by atoms with Crippen molar-refractivity contribution in [3.8, 4) is 11.4 Å². The minimum atomic E-state index is -0.0152. The van der Waals surface area contributed by atoms with Crippen LogP contribution >= 0.6 is 0 Å². The third kappa shape index (κ3) is 3.81. The Kier molecular flexibility index (Phi) is 4.93. The third-order valence-electron chi connectivity index (χ3n) is 4.23. The second kappa shape index (κ2) is 7.84. The summed E-state index contributed by atoms with van der Waals surface area (Å²) in [6.07, 6.45) is 2.18. The van der Waals surface area contributed by atoms with Gasteiger partial charge in [-0.15, -0.1) is 0 Å². The molecule has 0 radical (unpaired) electrons. The number of para-hydroxylation sites is 2. The van der Waals surface area contributed by atoms with Crippen molar-refractivity contribution < 1.29 is 4.79 Å². The molecular weight excluding hydrogens is 350 g/mol. The first-order chi connectivity index (χ1) is 13.7. The summed E-state index contributed by atoms with van der Waals surface area (Å²) < 4.78 is 0. The molecule has 4 rings (SSSR count). The maximum absolute atomic E-state index is 11.5. The van der Waals surface area contributed by atoms with Gasteiger partial charge in [-0.3, -0.25) is 9.78 Å². The number of carbonyl (C=O) groups is 1. The zero-order valence-electron chi connectivity index (χ0n) is 15.4. The van der Waals surface area contributed by atoms with Crippen LogP contribution in [0.25, 0.3) is 22.4 Å². The Balaban J connectivity index is 1.70. The van der Waals surface area contributed by atoms with Gasteiger partial charge in [0.2, 0.25) is 5.91 Å². The lowest BCUT2D eigenvalue weighted by Gasteiger charge is -2.12. The molecule has 2 heterocycles. The van der Waals surface area contributed by atoms with Gasteiger partial charge in [0.05, 0.1) is 16.7 Å². The fraction of sp³-hybridized carbons (Fsp3) is 0.0909. The Hall–Kier alpha value is -3.80. The summed E-state index contributed by atoms with van der Waals surface area (Å²) >= 11 is 0. The molecule has 0 saturated carbocycles. The Morgan fingerprint density at radius 2 is 1.54 bits per heavy atom. The summed E-state index contributed by atoms with van der Waals surface area (Å²) in [5.74, 6) is 0.612. The van der Waals surface area contributed by atoms with Crippen molar-refractivity contribution in [2.45, 2.75) is 13.3 Å². The van der Waals surface area contributed by atoms with Gasteiger partial charge in [-0.25, -0.2) is 9.97 Å². The average molecular weight is 369 g/mol. The van der Waals surface area contributed by atoms with E-state index in [9.17, 15) is 4.79 Å². The van der Waals surface area contributed by atoms with Crippen molar-refractivity contribution in [1.82, 2.24) is 15.0 Å². The molecule has 4 aromatic rings. The Morgan fingerprint density at radius 1 is 0.857 bits per heavy atom. The number of amides is 1. The molecule has 6 heteroatoms. The minimum Gasteiger partial charge on any atom is -0.338 e. The summed E-state index contributed by atoms with van der Waals surface area (Å²) in [7, 11) is 0. The molecule has 1 amide bonds. The topological polar surface area (TPSA) is 79.8 Å². The van der Waals surface area contributed by atoms with Crippen LogP contribution in [0.4, 0.5) is 17.2 Å². The fourth-order valence-corrected chi connectivity index (χ4v) is 2.79. The van der Waals surface area contributed by atoms with Crippen LogP contribution in [0.1, 0.15) is 13.3 Å². The smallest absolute Gasteiger partial charge is 0.224 e. The van der Waals surface area contributed by atoms with Crippen LogP contribution < -0.4 is 10.6 Å². The summed E-state index contributed by atoms with van der Waals surface area (Å²) in [6.45, 7) is 1.82. The van der Waals surface area contributed by atoms with Crippen LogP contribution in [0.3, 0.4) is 0 Å². The molecule has 0 bridgehead atoms. The first-order valence-corrected chi connectivity index (χ1v) is 9.08. The predicted molar refractivity (Wildman–Crippen MR) is 111 cm³/mol. The number of aromatic nitrogens is 3. The molecule has 28 heavy (non-hydrogen) atoms. The summed E-state index contributed by atoms with van der Waals surface area (Å²) in [5, 5.41) is 6.17. The molecule has 2 aromatic carbocycles. The fourth-order valence-electron chi connectivity index (χ4n) is 2.79. The minimum absolute atomic E-state index is 0.0152. The van der Waals surface area contributed by atoms with Crippen molar-refractivity contribution in [3.63, 3.8) is 0 Å². The van der Waals surface area contributed by atoms with Gasteiger partial charge in [-0.2, -0.15) is 0 Å². The van der Waals surface area contributed by atoms with E-state index in [1.807, 2.05) is 73.7 Å². The maximum atomic E-state index is 11.5. The predicted octanol–water partition coefficient (Wildman–Crippen LogP) is 4.78. The third-order valence-corrected chi connectivity index (χ3v) is 4.23. The molecule has 0 unspecified atom stereocenters. The van der Waals surface area contributed by atoms with Crippen LogP contribution in [-0.4, -0.2) is 20.9 Å². The average Bonchev–Trinajstić information content (AvgIpc) is 2.75. The summed E-state index contributed by atoms with van der Waals surface area (Å²) in [4.78, 5) is 25.5. The van der Waals surface area contributed by atoms with Crippen molar-refractivity contribution in [2.75, 3.05) is 10.6 Å². The highest BCUT2D eigenvalue weighted by molar-refractivity contribution is 5.90. The SMILES string of the molecule is CCC(=O)Nc1ccc(Nc2nc3ccccc3nc2-c2ccccn2)cc1. The Bertz CT molecular complexity index is 1110. The number of nitrogens with zero attached hydrogens (tertiary/aromatic N) is 3. The second-order valence-electron chi connectivity index (χ2n) is 6.23. The highest BCUT2D eigenvalue weighted by atomic mass is 16.1. The van der Waals surface area contributed by atoms with Crippen LogP contribution in [0.15, 0.2) is 72.9 Å². The largest absolute Gasteiger partial charge is 0.338 e. The molecule has 0 fully saturated rings. The van der Waals surface area contributed by atoms with Crippen LogP contribution in [-0.2, 0) is 4.79 Å². The van der Waals surface area contributed by atoms with E-state index < -0.39 is 0 Å². The van der Waals surface area contributed by atoms with E-state index >= 15 is 0 Å². The first-order valence-electron chi connectivity index (χ1n) is 9.08. The number of anilines is 3. The number of fused-ring (bicyclic) bond motifs is 1. The van der Waals surface area contributed by atoms with Gasteiger partial charge in [-0.05, 0) is 48.5 Å². The molecule has 0 aliphatic carbocycles. The van der Waals surface area contributed by atoms with Gasteiger partial charge in [0, 0.05) is 24.0 Å². The number of hydrogen-bond donors (Lipinski definition) is 2. The van der Waals surface area contributed by atoms with E-state index in [1.165, 1.54) is 0 Å². The number of benzene rings is 2. The van der Waals surface area contributed by atoms with Gasteiger partial charge in [0.25, 0.3) is 0 Å². The molecule has 0 atom stereocenters. The van der Waals surface area contributed by atoms with Crippen LogP contribution in [0, 0.1) is 0 Å². The summed E-state index contributed by atoms with van der Waals surface area (Å²) in [6, 6.07) is 20.9. The van der Waals surface area contributed by atoms with Gasteiger partial charge in [-0.1, -0.05) is 25.1 Å². The Morgan fingerprint density at radius 3 is 2.21 bits per heavy atom. The van der Waals surface area contributed by atoms with Crippen molar-refractivity contribution in [1.29, 1.82) is 0 Å². The number of nitrogens with one attached hydrogen (secondary N) is 2. The zero-order chi connectivity index (χ0) is 19.3. The molecule has 2 aromatic heterocycles. The Labute approximate surface area is 162 Å². The molecule has 0 spiro atoms. The van der Waals surface area contributed by atoms with Crippen LogP contribution in [0.2, 0.25) is 0 Å². The lowest BCUT2D eigenvalue weighted by Crippen LogP contribution is -2.09. The van der Waals surface area contributed by atoms with Crippen molar-refractivity contribution in [2.24, 2.45) is 0 Å². The van der Waals surface area contributed by atoms with E-state index in [4.69, 9.17) is 9.97 Å². The maximum Gasteiger partial charge on any atom is 0.224 e. The number of carbonyl (C=O) groups excluding carboxylic acids is 1. The molecule has 0 aliphatic rings. The van der Waals surface area contributed by atoms with E-state index in [-0.39, 0.29) is 5.91 Å². The monoisotopic (exact) mass is 369 g/mol. The zero-order valence-corrected chi connectivity index (χ0v) is 15.4. The van der Waals surface area contributed by atoms with E-state index in [0.717, 1.165) is 28.1 Å². The second-order valence-corrected chi connectivity index (χ2v) is 6.23. The number of hydrogen-bond acceptors (Lipinski definition) is 5. The highest BCUT2D eigenvalue weighted by Crippen LogP contribution is 2.28. The molecule has 6 nitrogen and oxygen atoms in total. The molecule has 0 saturated heterocycles. The molecule has 0 aliphatic heterocycles. The van der Waals surface area contributed by atoms with Crippen molar-refractivity contribution in [3.05, 3.63) is 72.9 Å². The quantitative estimate of drug-likeness (QED) is 0.529. The first kappa shape index (κ1) is 17.6. The van der Waals surface area contributed by atoms with Gasteiger partial charge in [0.1, 0.15) is 5.69 Å². The summed E-state index contributed by atoms with van der Waals surface area (Å²) in [5.41, 5.74) is 4.64. The van der Waals surface area contributed by atoms with Gasteiger partial charge in [0.15, 0.2) is 5.82 Å². The standard InChI is InChI=1S/C22H19N5O/c1-2-20(28)24-15-10-12-16(13-11-15)25-22-21(19-9-5-6-14-23-19)26-17-7-3-4-8-18(17)27-22/h3-14H,2H2,1H3,(H,24,28)(H,25,27). The molecule has 2 N–H and O–H groups in total. The van der Waals surface area contributed by atoms with Crippen LogP contribution in [0.5, 0.6) is 0 Å². The van der Waals surface area contributed by atoms with Gasteiger partial charge >= 0.3 is 0 Å². The number of rotatable bonds is 5.